The minimum absolute atomic E-state index is 0.0469. The van der Waals surface area contributed by atoms with Crippen molar-refractivity contribution in [2.45, 2.75) is 19.8 Å². The predicted octanol–water partition coefficient (Wildman–Crippen LogP) is 9.89. The van der Waals surface area contributed by atoms with Crippen LogP contribution in [0, 0.1) is 17.0 Å². The molecule has 0 fully saturated rings. The van der Waals surface area contributed by atoms with Crippen LogP contribution in [-0.2, 0) is 28.7 Å². The molecule has 0 spiro atoms. The number of esters is 2. The summed E-state index contributed by atoms with van der Waals surface area (Å²) in [7, 11) is 2.52. The maximum atomic E-state index is 12.9. The summed E-state index contributed by atoms with van der Waals surface area (Å²) in [5.41, 5.74) is 14.5. The lowest BCUT2D eigenvalue weighted by atomic mass is 10.0. The lowest BCUT2D eigenvalue weighted by Gasteiger charge is -2.31. The smallest absolute Gasteiger partial charge is 0.335 e. The van der Waals surface area contributed by atoms with Gasteiger partial charge in [-0.25, -0.2) is 19.2 Å². The number of nitrogens with zero attached hydrogens (tertiary/aromatic N) is 1. The summed E-state index contributed by atoms with van der Waals surface area (Å²) >= 11 is 0. The van der Waals surface area contributed by atoms with Gasteiger partial charge in [0.25, 0.3) is 5.69 Å². The number of non-ortho nitro benzene ring substituents is 1. The van der Waals surface area contributed by atoms with Crippen LogP contribution in [0.3, 0.4) is 0 Å². The number of nitrogen functional groups attached to an aromatic ring is 2. The number of aliphatic carboxylic acids is 2. The number of aromatic carboxylic acids is 2. The number of carboxylic acids is 4. The van der Waals surface area contributed by atoms with E-state index in [0.29, 0.717) is 44.8 Å². The molecule has 9 aromatic rings. The van der Waals surface area contributed by atoms with E-state index in [1.54, 1.807) is 42.5 Å². The first-order valence-electron chi connectivity index (χ1n) is 25.5. The highest BCUT2D eigenvalue weighted by molar-refractivity contribution is 7.96. The van der Waals surface area contributed by atoms with Crippen LogP contribution in [0.4, 0.5) is 17.1 Å². The van der Waals surface area contributed by atoms with E-state index in [1.165, 1.54) is 68.8 Å². The molecule has 0 radical (unpaired) electrons. The van der Waals surface area contributed by atoms with Crippen LogP contribution in [0.25, 0.3) is 27.6 Å². The number of anilines is 2. The number of nitro groups is 1. The van der Waals surface area contributed by atoms with Crippen LogP contribution >= 0.6 is 6.89 Å². The minimum Gasteiger partial charge on any atom is -0.507 e. The summed E-state index contributed by atoms with van der Waals surface area (Å²) in [5, 5.41) is 70.6. The fraction of sp³-hybridized carbons (Fsp3) is 0.0769. The van der Waals surface area contributed by atoms with Crippen molar-refractivity contribution >= 4 is 115 Å². The molecule has 0 aliphatic carbocycles. The van der Waals surface area contributed by atoms with Crippen molar-refractivity contribution in [1.82, 2.24) is 0 Å². The maximum Gasteiger partial charge on any atom is 0.335 e. The summed E-state index contributed by atoms with van der Waals surface area (Å²) in [6.45, 7) is -0.806. The molecule has 0 aliphatic heterocycles. The molecule has 0 unspecified atom stereocenters. The van der Waals surface area contributed by atoms with Crippen molar-refractivity contribution in [2.75, 3.05) is 25.7 Å². The van der Waals surface area contributed by atoms with Crippen LogP contribution in [0.1, 0.15) is 55.0 Å². The number of nitro benzene ring substituents is 1. The van der Waals surface area contributed by atoms with Gasteiger partial charge in [0.2, 0.25) is 0 Å². The number of rotatable bonds is 14. The normalized spacial score (nSPS) is 10.5. The van der Waals surface area contributed by atoms with Gasteiger partial charge in [-0.2, -0.15) is 0 Å². The van der Waals surface area contributed by atoms with E-state index in [1.807, 2.05) is 116 Å². The Morgan fingerprint density at radius 2 is 1.05 bits per heavy atom. The topological polar surface area (TPSA) is 355 Å². The number of aromatic hydroxyl groups is 2. The fourth-order valence-electron chi connectivity index (χ4n) is 8.66. The largest absolute Gasteiger partial charge is 0.507 e. The van der Waals surface area contributed by atoms with Gasteiger partial charge in [0.1, 0.15) is 17.8 Å². The molecular weight excluding hydrogens is 1130 g/mol. The van der Waals surface area contributed by atoms with E-state index in [0.717, 1.165) is 27.0 Å². The van der Waals surface area contributed by atoms with E-state index >= 15 is 0 Å². The molecule has 0 aliphatic rings. The number of carboxylic acid groups (broad SMARTS) is 4. The zero-order valence-corrected chi connectivity index (χ0v) is 47.2. The zero-order chi connectivity index (χ0) is 63.1. The molecular formula is C65H58N3O17P. The Labute approximate surface area is 492 Å². The van der Waals surface area contributed by atoms with E-state index < -0.39 is 47.6 Å². The summed E-state index contributed by atoms with van der Waals surface area (Å²) in [6, 6.07) is 57.3. The van der Waals surface area contributed by atoms with E-state index in [4.69, 9.17) is 31.5 Å². The predicted molar refractivity (Wildman–Crippen MR) is 330 cm³/mol. The van der Waals surface area contributed by atoms with Crippen LogP contribution in [-0.4, -0.2) is 97.2 Å². The van der Waals surface area contributed by atoms with E-state index in [-0.39, 0.29) is 52.0 Å². The van der Waals surface area contributed by atoms with Crippen molar-refractivity contribution in [2.24, 2.45) is 0 Å². The van der Waals surface area contributed by atoms with Crippen LogP contribution < -0.4 is 27.4 Å². The number of aryl methyl sites for hydroxylation is 1. The number of carbonyl (C=O) groups is 7. The molecule has 20 nitrogen and oxygen atoms in total. The average molecular weight is 1180 g/mol. The first-order chi connectivity index (χ1) is 41.0. The number of hydrogen-bond donors (Lipinski definition) is 8. The lowest BCUT2D eigenvalue weighted by molar-refractivity contribution is -0.384. The van der Waals surface area contributed by atoms with Gasteiger partial charge >= 0.3 is 35.8 Å². The van der Waals surface area contributed by atoms with Gasteiger partial charge in [0.15, 0.2) is 0 Å². The monoisotopic (exact) mass is 1180 g/mol. The average Bonchev–Trinajstić information content (AvgIpc) is 0.893. The highest BCUT2D eigenvalue weighted by Gasteiger charge is 2.34. The number of phenols is 2. The summed E-state index contributed by atoms with van der Waals surface area (Å²) in [6.07, 6.45) is 1.37. The molecule has 0 atom stereocenters. The molecule has 9 aromatic carbocycles. The molecule has 0 saturated carbocycles. The van der Waals surface area contributed by atoms with Crippen LogP contribution in [0.5, 0.6) is 11.5 Å². The SMILES string of the molecule is COC(=O)/C(=C/c1cccc(C)c1)CC(=O)O.COC(=O)C(CC(=O)O)=P(c1ccccc1)(c1ccccc1)c1ccccc1.Nc1ccc2c(O)cc(C(=O)O)cc2c1.Nc1cccc2cc(C(=O)O)cc(O)c12.O=Cc1cccc([N+](=O)[O-])c1. The molecule has 10 N–H and O–H groups in total. The highest BCUT2D eigenvalue weighted by Crippen LogP contribution is 2.47. The second kappa shape index (κ2) is 31.2. The van der Waals surface area contributed by atoms with Crippen molar-refractivity contribution in [3.63, 3.8) is 0 Å². The maximum absolute atomic E-state index is 12.9. The summed E-state index contributed by atoms with van der Waals surface area (Å²) < 4.78 is 9.62. The third kappa shape index (κ3) is 17.6. The fourth-order valence-corrected chi connectivity index (χ4v) is 13.1. The molecule has 0 aromatic heterocycles. The Hall–Kier alpha value is -11.4. The van der Waals surface area contributed by atoms with Crippen molar-refractivity contribution in [3.05, 3.63) is 244 Å². The van der Waals surface area contributed by atoms with Gasteiger partial charge in [0, 0.05) is 45.4 Å². The zero-order valence-electron chi connectivity index (χ0n) is 46.3. The summed E-state index contributed by atoms with van der Waals surface area (Å²) in [5.74, 6) is -5.64. The van der Waals surface area contributed by atoms with Crippen LogP contribution in [0.2, 0.25) is 0 Å². The Morgan fingerprint density at radius 3 is 1.53 bits per heavy atom. The van der Waals surface area contributed by atoms with Crippen LogP contribution in [0.15, 0.2) is 206 Å². The summed E-state index contributed by atoms with van der Waals surface area (Å²) in [4.78, 5) is 88.0. The number of hydrogen-bond acceptors (Lipinski definition) is 15. The van der Waals surface area contributed by atoms with Gasteiger partial charge in [-0.15, -0.1) is 0 Å². The Bertz CT molecular complexity index is 3920. The number of phenolic OH excluding ortho intramolecular Hbond substituents is 2. The second-order valence-electron chi connectivity index (χ2n) is 18.3. The van der Waals surface area contributed by atoms with Crippen molar-refractivity contribution in [3.8, 4) is 11.5 Å². The molecule has 0 heterocycles. The molecule has 21 heteroatoms. The second-order valence-corrected chi connectivity index (χ2v) is 21.8. The van der Waals surface area contributed by atoms with Gasteiger partial charge in [-0.1, -0.05) is 145 Å². The number of fused-ring (bicyclic) bond motifs is 2. The van der Waals surface area contributed by atoms with Gasteiger partial charge < -0.3 is 51.6 Å². The molecule has 0 amide bonds. The number of nitrogens with two attached hydrogens (primary N) is 2. The highest BCUT2D eigenvalue weighted by atomic mass is 31.2. The number of benzene rings is 9. The third-order valence-corrected chi connectivity index (χ3v) is 16.8. The Kier molecular flexibility index (Phi) is 23.7. The van der Waals surface area contributed by atoms with Gasteiger partial charge in [-0.05, 0) is 101 Å². The quantitative estimate of drug-likeness (QED) is 0.00954. The molecule has 9 rings (SSSR count). The Balaban J connectivity index is 0.000000204. The van der Waals surface area contributed by atoms with E-state index in [2.05, 4.69) is 4.74 Å². The number of aldehydes is 1. The molecule has 0 saturated heterocycles. The standard InChI is InChI=1S/C23H21O4P.C13H14O4.2C11H9NO3.C7H5NO3/c1-27-23(26)21(17-22(24)25)28(18-11-5-2-6-12-18,19-13-7-3-8-14-19)20-15-9-4-10-16-20;1-9-4-3-5-10(6-9)7-11(8-12(14)15)13(16)17-2;12-8-1-2-9-6(4-8)3-7(11(14)15)5-10(9)13;12-8-3-1-2-6-4-7(11(14)15)5-9(13)10(6)8;9-5-6-2-1-3-7(4-6)8(10)11/h2-16H,17H2,1H3,(H,24,25);3-7H,8H2,1-2H3,(H,14,15);2*1-5,13H,12H2,(H,14,15);1-5H/b;11-7+;;;. The molecule has 440 valence electrons. The number of carbonyl (C=O) groups excluding carboxylic acids is 3. The molecule has 86 heavy (non-hydrogen) atoms. The number of methoxy groups -OCH3 is 2. The first kappa shape index (κ1) is 65.4. The minimum atomic E-state index is -2.73. The van der Waals surface area contributed by atoms with E-state index in [9.17, 15) is 59.0 Å². The third-order valence-electron chi connectivity index (χ3n) is 12.4. The molecule has 0 bridgehead atoms. The van der Waals surface area contributed by atoms with Gasteiger partial charge in [-0.3, -0.25) is 24.5 Å². The first-order valence-corrected chi connectivity index (χ1v) is 27.3. The van der Waals surface area contributed by atoms with Crippen molar-refractivity contribution in [1.29, 1.82) is 0 Å². The lowest BCUT2D eigenvalue weighted by Crippen LogP contribution is -2.35. The van der Waals surface area contributed by atoms with Gasteiger partial charge in [0.05, 0.1) is 48.4 Å². The number of ether oxygens (including phenoxy) is 2. The van der Waals surface area contributed by atoms with Crippen molar-refractivity contribution < 1.29 is 78.6 Å². The Morgan fingerprint density at radius 1 is 0.547 bits per heavy atom.